The molecule has 0 aromatic heterocycles. The molecule has 0 unspecified atom stereocenters. The summed E-state index contributed by atoms with van der Waals surface area (Å²) in [5, 5.41) is 4.13. The molecular formula is C28H32N2O6S. The first-order chi connectivity index (χ1) is 17.6. The molecule has 37 heavy (non-hydrogen) atoms. The molecule has 0 atom stereocenters. The van der Waals surface area contributed by atoms with Crippen LogP contribution in [0, 0.1) is 12.8 Å². The number of hydrazone groups is 1. The van der Waals surface area contributed by atoms with E-state index in [9.17, 15) is 13.2 Å². The van der Waals surface area contributed by atoms with Crippen molar-refractivity contribution in [1.29, 1.82) is 0 Å². The number of hydrogen-bond donors (Lipinski definition) is 0. The van der Waals surface area contributed by atoms with Gasteiger partial charge in [0.05, 0.1) is 30.4 Å². The molecule has 196 valence electrons. The van der Waals surface area contributed by atoms with Gasteiger partial charge in [-0.15, -0.1) is 0 Å². The molecule has 8 nitrogen and oxygen atoms in total. The van der Waals surface area contributed by atoms with E-state index in [2.05, 4.69) is 5.10 Å². The van der Waals surface area contributed by atoms with Crippen molar-refractivity contribution in [2.24, 2.45) is 11.0 Å². The Balaban J connectivity index is 1.68. The number of esters is 1. The summed E-state index contributed by atoms with van der Waals surface area (Å²) in [4.78, 5) is 12.3. The molecule has 9 heteroatoms. The van der Waals surface area contributed by atoms with E-state index in [0.717, 1.165) is 15.5 Å². The van der Waals surface area contributed by atoms with Gasteiger partial charge in [-0.05, 0) is 73.0 Å². The summed E-state index contributed by atoms with van der Waals surface area (Å²) in [5.41, 5.74) is 2.84. The van der Waals surface area contributed by atoms with Gasteiger partial charge in [-0.2, -0.15) is 17.9 Å². The summed E-state index contributed by atoms with van der Waals surface area (Å²) in [6, 6.07) is 18.7. The summed E-state index contributed by atoms with van der Waals surface area (Å²) in [7, 11) is -0.808. The van der Waals surface area contributed by atoms with Crippen LogP contribution < -0.4 is 9.47 Å². The number of carbonyl (C=O) groups excluding carboxylic acids is 1. The van der Waals surface area contributed by atoms with Gasteiger partial charge in [-0.25, -0.2) is 4.79 Å². The van der Waals surface area contributed by atoms with Crippen LogP contribution in [-0.4, -0.2) is 45.8 Å². The molecule has 0 N–H and O–H groups in total. The van der Waals surface area contributed by atoms with Gasteiger partial charge in [-0.3, -0.25) is 0 Å². The van der Waals surface area contributed by atoms with Gasteiger partial charge in [0.25, 0.3) is 10.0 Å². The van der Waals surface area contributed by atoms with Crippen LogP contribution in [0.5, 0.6) is 11.5 Å². The Bertz CT molecular complexity index is 1330. The lowest BCUT2D eigenvalue weighted by Crippen LogP contribution is -2.21. The summed E-state index contributed by atoms with van der Waals surface area (Å²) in [5.74, 6) is 1.08. The Labute approximate surface area is 218 Å². The molecule has 3 aromatic rings. The lowest BCUT2D eigenvalue weighted by atomic mass is 10.1. The predicted octanol–water partition coefficient (Wildman–Crippen LogP) is 5.05. The maximum atomic E-state index is 12.8. The van der Waals surface area contributed by atoms with Crippen LogP contribution in [0.3, 0.4) is 0 Å². The zero-order chi connectivity index (χ0) is 27.0. The van der Waals surface area contributed by atoms with Crippen molar-refractivity contribution in [3.05, 3.63) is 89.0 Å². The zero-order valence-electron chi connectivity index (χ0n) is 21.7. The standard InChI is InChI=1S/C28H32N2O6S/c1-20(2)18-36-28(31)23-9-11-25(12-10-23)35-19-24-16-22(8-15-27(24)34-5)17-29-30(4)37(32,33)26-13-6-21(3)7-14-26/h6-17,20H,18-19H2,1-5H3. The zero-order valence-corrected chi connectivity index (χ0v) is 22.5. The van der Waals surface area contributed by atoms with Crippen LogP contribution in [0.25, 0.3) is 0 Å². The first kappa shape index (κ1) is 27.7. The number of nitrogens with zero attached hydrogens (tertiary/aromatic N) is 2. The van der Waals surface area contributed by atoms with E-state index in [1.165, 1.54) is 13.3 Å². The Morgan fingerprint density at radius 1 is 1.03 bits per heavy atom. The van der Waals surface area contributed by atoms with Crippen molar-refractivity contribution in [3.63, 3.8) is 0 Å². The molecule has 0 bridgehead atoms. The summed E-state index contributed by atoms with van der Waals surface area (Å²) < 4.78 is 43.0. The van der Waals surface area contributed by atoms with Crippen molar-refractivity contribution in [2.45, 2.75) is 32.3 Å². The molecule has 0 heterocycles. The van der Waals surface area contributed by atoms with Crippen LogP contribution >= 0.6 is 0 Å². The molecule has 3 aromatic carbocycles. The van der Waals surface area contributed by atoms with Crippen molar-refractivity contribution in [1.82, 2.24) is 4.41 Å². The van der Waals surface area contributed by atoms with E-state index >= 15 is 0 Å². The number of sulfonamides is 1. The van der Waals surface area contributed by atoms with Crippen molar-refractivity contribution >= 4 is 22.2 Å². The van der Waals surface area contributed by atoms with Gasteiger partial charge in [0.15, 0.2) is 0 Å². The Kier molecular flexibility index (Phi) is 9.30. The van der Waals surface area contributed by atoms with Crippen LogP contribution in [-0.2, 0) is 21.4 Å². The average molecular weight is 525 g/mol. The lowest BCUT2D eigenvalue weighted by Gasteiger charge is -2.14. The number of carbonyl (C=O) groups is 1. The number of ether oxygens (including phenoxy) is 3. The quantitative estimate of drug-likeness (QED) is 0.198. The smallest absolute Gasteiger partial charge is 0.338 e. The fourth-order valence-electron chi connectivity index (χ4n) is 3.24. The Hall–Kier alpha value is -3.85. The van der Waals surface area contributed by atoms with E-state index in [1.54, 1.807) is 67.8 Å². The second-order valence-corrected chi connectivity index (χ2v) is 10.8. The predicted molar refractivity (Wildman–Crippen MR) is 143 cm³/mol. The molecular weight excluding hydrogens is 492 g/mol. The summed E-state index contributed by atoms with van der Waals surface area (Å²) in [6.45, 7) is 6.41. The largest absolute Gasteiger partial charge is 0.496 e. The maximum Gasteiger partial charge on any atom is 0.338 e. The number of aryl methyl sites for hydroxylation is 1. The normalized spacial score (nSPS) is 11.5. The SMILES string of the molecule is COc1ccc(C=NN(C)S(=O)(=O)c2ccc(C)cc2)cc1COc1ccc(C(=O)OCC(C)C)cc1. The van der Waals surface area contributed by atoms with Gasteiger partial charge >= 0.3 is 5.97 Å². The molecule has 0 saturated heterocycles. The second kappa shape index (κ2) is 12.4. The highest BCUT2D eigenvalue weighted by Gasteiger charge is 2.18. The molecule has 0 saturated carbocycles. The molecule has 0 aliphatic heterocycles. The third-order valence-corrected chi connectivity index (χ3v) is 7.03. The van der Waals surface area contributed by atoms with E-state index < -0.39 is 10.0 Å². The molecule has 3 rings (SSSR count). The first-order valence-electron chi connectivity index (χ1n) is 11.8. The number of rotatable bonds is 11. The highest BCUT2D eigenvalue weighted by molar-refractivity contribution is 7.89. The molecule has 0 amide bonds. The molecule has 0 radical (unpaired) electrons. The molecule has 0 aliphatic rings. The summed E-state index contributed by atoms with van der Waals surface area (Å²) in [6.07, 6.45) is 1.46. The van der Waals surface area contributed by atoms with Crippen LogP contribution in [0.4, 0.5) is 0 Å². The van der Waals surface area contributed by atoms with E-state index in [1.807, 2.05) is 26.8 Å². The van der Waals surface area contributed by atoms with Gasteiger partial charge in [0.2, 0.25) is 0 Å². The molecule has 0 aliphatic carbocycles. The highest BCUT2D eigenvalue weighted by Crippen LogP contribution is 2.23. The van der Waals surface area contributed by atoms with Gasteiger partial charge < -0.3 is 14.2 Å². The number of benzene rings is 3. The molecule has 0 fully saturated rings. The Morgan fingerprint density at radius 2 is 1.70 bits per heavy atom. The third kappa shape index (κ3) is 7.57. The van der Waals surface area contributed by atoms with Crippen molar-refractivity contribution in [3.8, 4) is 11.5 Å². The Morgan fingerprint density at radius 3 is 2.32 bits per heavy atom. The van der Waals surface area contributed by atoms with E-state index in [4.69, 9.17) is 14.2 Å². The summed E-state index contributed by atoms with van der Waals surface area (Å²) >= 11 is 0. The van der Waals surface area contributed by atoms with E-state index in [0.29, 0.717) is 29.2 Å². The van der Waals surface area contributed by atoms with Crippen molar-refractivity contribution in [2.75, 3.05) is 20.8 Å². The van der Waals surface area contributed by atoms with Gasteiger partial charge in [0, 0.05) is 12.6 Å². The van der Waals surface area contributed by atoms with E-state index in [-0.39, 0.29) is 23.4 Å². The highest BCUT2D eigenvalue weighted by atomic mass is 32.2. The first-order valence-corrected chi connectivity index (χ1v) is 13.2. The van der Waals surface area contributed by atoms with Crippen LogP contribution in [0.1, 0.15) is 40.9 Å². The fraction of sp³-hybridized carbons (Fsp3) is 0.286. The van der Waals surface area contributed by atoms with Crippen molar-refractivity contribution < 1.29 is 27.4 Å². The second-order valence-electron chi connectivity index (χ2n) is 8.87. The fourth-order valence-corrected chi connectivity index (χ4v) is 4.19. The molecule has 0 spiro atoms. The minimum atomic E-state index is -3.76. The number of hydrogen-bond acceptors (Lipinski definition) is 7. The third-order valence-electron chi connectivity index (χ3n) is 5.37. The van der Waals surface area contributed by atoms with Gasteiger partial charge in [-0.1, -0.05) is 31.5 Å². The maximum absolute atomic E-state index is 12.8. The van der Waals surface area contributed by atoms with Gasteiger partial charge in [0.1, 0.15) is 18.1 Å². The minimum absolute atomic E-state index is 0.167. The topological polar surface area (TPSA) is 94.5 Å². The monoisotopic (exact) mass is 524 g/mol. The average Bonchev–Trinajstić information content (AvgIpc) is 2.89. The number of methoxy groups -OCH3 is 1. The van der Waals surface area contributed by atoms with Crippen LogP contribution in [0.15, 0.2) is 76.7 Å². The van der Waals surface area contributed by atoms with Crippen LogP contribution in [0.2, 0.25) is 0 Å². The lowest BCUT2D eigenvalue weighted by molar-refractivity contribution is 0.0459. The minimum Gasteiger partial charge on any atom is -0.496 e.